The number of nitrogens with one attached hydrogen (secondary N) is 2. The number of carbonyl (C=O) groups is 2. The van der Waals surface area contributed by atoms with Crippen LogP contribution in [0.2, 0.25) is 5.02 Å². The fourth-order valence-electron chi connectivity index (χ4n) is 4.30. The van der Waals surface area contributed by atoms with Crippen LogP contribution in [0.15, 0.2) is 71.7 Å². The topological polar surface area (TPSA) is 83.4 Å². The van der Waals surface area contributed by atoms with Gasteiger partial charge in [0.1, 0.15) is 11.4 Å². The summed E-state index contributed by atoms with van der Waals surface area (Å²) in [7, 11) is 0. The van der Waals surface area contributed by atoms with E-state index in [4.69, 9.17) is 11.6 Å². The van der Waals surface area contributed by atoms with Crippen molar-refractivity contribution in [1.82, 2.24) is 9.47 Å². The number of urea groups is 1. The predicted molar refractivity (Wildman–Crippen MR) is 130 cm³/mol. The molecule has 9 heteroatoms. The minimum atomic E-state index is -1.11. The molecule has 0 bridgehead atoms. The molecule has 34 heavy (non-hydrogen) atoms. The fourth-order valence-corrected chi connectivity index (χ4v) is 4.42. The zero-order valence-corrected chi connectivity index (χ0v) is 19.3. The maximum absolute atomic E-state index is 14.9. The van der Waals surface area contributed by atoms with Crippen molar-refractivity contribution in [2.75, 3.05) is 17.2 Å². The average molecular weight is 483 g/mol. The second-order valence-electron chi connectivity index (χ2n) is 8.10. The molecule has 0 spiro atoms. The van der Waals surface area contributed by atoms with Gasteiger partial charge in [-0.25, -0.2) is 9.18 Å². The maximum Gasteiger partial charge on any atom is 0.322 e. The molecule has 2 heterocycles. The standard InChI is InChI=1S/C25H24ClFN4O3/c1-2-25(13-5-15-31(25)24(34)28-18-9-7-17(26)8-10-18)23(33)29-21-12-11-19(16-20(21)27)30-14-4-3-6-22(30)32/h3-4,6-12,14,16H,2,5,13,15H2,1H3,(H,28,34)(H,29,33)/t25-/m1/s1. The Labute approximate surface area is 201 Å². The minimum Gasteiger partial charge on any atom is -0.322 e. The number of aromatic nitrogens is 1. The monoisotopic (exact) mass is 482 g/mol. The van der Waals surface area contributed by atoms with Crippen molar-refractivity contribution in [2.24, 2.45) is 0 Å². The van der Waals surface area contributed by atoms with Crippen molar-refractivity contribution in [2.45, 2.75) is 31.7 Å². The van der Waals surface area contributed by atoms with Gasteiger partial charge in [-0.05, 0) is 61.7 Å². The molecular formula is C25H24ClFN4O3. The molecule has 3 aromatic rings. The number of hydrogen-bond donors (Lipinski definition) is 2. The summed E-state index contributed by atoms with van der Waals surface area (Å²) in [6, 6.07) is 15.1. The molecular weight excluding hydrogens is 459 g/mol. The Kier molecular flexibility index (Phi) is 6.70. The van der Waals surface area contributed by atoms with E-state index in [1.807, 2.05) is 6.92 Å². The van der Waals surface area contributed by atoms with E-state index < -0.39 is 23.3 Å². The fraction of sp³-hybridized carbons (Fsp3) is 0.240. The van der Waals surface area contributed by atoms with Crippen LogP contribution in [0.25, 0.3) is 5.69 Å². The van der Waals surface area contributed by atoms with E-state index in [0.29, 0.717) is 42.2 Å². The molecule has 0 saturated carbocycles. The van der Waals surface area contributed by atoms with E-state index in [1.165, 1.54) is 33.9 Å². The van der Waals surface area contributed by atoms with E-state index in [-0.39, 0.29) is 11.2 Å². The van der Waals surface area contributed by atoms with Crippen LogP contribution in [-0.2, 0) is 4.79 Å². The molecule has 1 atom stereocenters. The highest BCUT2D eigenvalue weighted by atomic mass is 35.5. The lowest BCUT2D eigenvalue weighted by molar-refractivity contribution is -0.125. The molecule has 4 rings (SSSR count). The average Bonchev–Trinajstić information content (AvgIpc) is 3.28. The SMILES string of the molecule is CC[C@]1(C(=O)Nc2ccc(-n3ccccc3=O)cc2F)CCCN1C(=O)Nc1ccc(Cl)cc1. The second kappa shape index (κ2) is 9.69. The molecule has 176 valence electrons. The van der Waals surface area contributed by atoms with Gasteiger partial charge in [0.2, 0.25) is 5.91 Å². The van der Waals surface area contributed by atoms with Gasteiger partial charge in [0.15, 0.2) is 0 Å². The number of hydrogen-bond acceptors (Lipinski definition) is 3. The van der Waals surface area contributed by atoms with Gasteiger partial charge in [0.25, 0.3) is 5.56 Å². The Bertz CT molecular complexity index is 1280. The van der Waals surface area contributed by atoms with Crippen molar-refractivity contribution in [1.29, 1.82) is 0 Å². The van der Waals surface area contributed by atoms with Gasteiger partial charge in [0, 0.05) is 35.6 Å². The molecule has 1 aromatic heterocycles. The molecule has 7 nitrogen and oxygen atoms in total. The summed E-state index contributed by atoms with van der Waals surface area (Å²) in [5.74, 6) is -1.13. The highest BCUT2D eigenvalue weighted by Gasteiger charge is 2.48. The first-order chi connectivity index (χ1) is 16.3. The van der Waals surface area contributed by atoms with Crippen molar-refractivity contribution < 1.29 is 14.0 Å². The Morgan fingerprint density at radius 2 is 1.85 bits per heavy atom. The Morgan fingerprint density at radius 1 is 1.09 bits per heavy atom. The van der Waals surface area contributed by atoms with Crippen LogP contribution in [0.4, 0.5) is 20.6 Å². The number of anilines is 2. The van der Waals surface area contributed by atoms with E-state index in [2.05, 4.69) is 10.6 Å². The highest BCUT2D eigenvalue weighted by molar-refractivity contribution is 6.30. The molecule has 1 aliphatic heterocycles. The van der Waals surface area contributed by atoms with Crippen LogP contribution in [0.3, 0.4) is 0 Å². The van der Waals surface area contributed by atoms with Gasteiger partial charge in [-0.15, -0.1) is 0 Å². The van der Waals surface area contributed by atoms with Crippen LogP contribution in [0.5, 0.6) is 0 Å². The number of amides is 3. The number of pyridine rings is 1. The van der Waals surface area contributed by atoms with Crippen LogP contribution < -0.4 is 16.2 Å². The summed E-state index contributed by atoms with van der Waals surface area (Å²) in [4.78, 5) is 39.9. The molecule has 2 N–H and O–H groups in total. The number of benzene rings is 2. The molecule has 3 amide bonds. The highest BCUT2D eigenvalue weighted by Crippen LogP contribution is 2.35. The first-order valence-corrected chi connectivity index (χ1v) is 11.3. The number of rotatable bonds is 5. The molecule has 2 aromatic carbocycles. The van der Waals surface area contributed by atoms with Gasteiger partial charge >= 0.3 is 6.03 Å². The Morgan fingerprint density at radius 3 is 2.53 bits per heavy atom. The lowest BCUT2D eigenvalue weighted by atomic mass is 9.91. The molecule has 0 aliphatic carbocycles. The number of nitrogens with zero attached hydrogens (tertiary/aromatic N) is 2. The van der Waals surface area contributed by atoms with Crippen LogP contribution in [0.1, 0.15) is 26.2 Å². The van der Waals surface area contributed by atoms with E-state index in [0.717, 1.165) is 0 Å². The predicted octanol–water partition coefficient (Wildman–Crippen LogP) is 5.05. The lowest BCUT2D eigenvalue weighted by Crippen LogP contribution is -2.56. The third kappa shape index (κ3) is 4.54. The second-order valence-corrected chi connectivity index (χ2v) is 8.54. The van der Waals surface area contributed by atoms with E-state index in [1.54, 1.807) is 42.5 Å². The first kappa shape index (κ1) is 23.5. The van der Waals surface area contributed by atoms with Crippen LogP contribution in [-0.4, -0.2) is 33.5 Å². The largest absolute Gasteiger partial charge is 0.322 e. The van der Waals surface area contributed by atoms with Gasteiger partial charge in [-0.1, -0.05) is 24.6 Å². The molecule has 0 radical (unpaired) electrons. The summed E-state index contributed by atoms with van der Waals surface area (Å²) in [5, 5.41) is 6.00. The molecule has 1 fully saturated rings. The van der Waals surface area contributed by atoms with E-state index >= 15 is 0 Å². The smallest absolute Gasteiger partial charge is 0.322 e. The maximum atomic E-state index is 14.9. The third-order valence-electron chi connectivity index (χ3n) is 6.14. The zero-order valence-electron chi connectivity index (χ0n) is 18.6. The number of likely N-dealkylation sites (tertiary alicyclic amines) is 1. The summed E-state index contributed by atoms with van der Waals surface area (Å²) in [5.41, 5.74) is -0.522. The van der Waals surface area contributed by atoms with E-state index in [9.17, 15) is 18.8 Å². The van der Waals surface area contributed by atoms with Crippen LogP contribution >= 0.6 is 11.6 Å². The van der Waals surface area contributed by atoms with Gasteiger partial charge < -0.3 is 15.5 Å². The molecule has 0 unspecified atom stereocenters. The minimum absolute atomic E-state index is 0.0180. The number of carbonyl (C=O) groups excluding carboxylic acids is 2. The third-order valence-corrected chi connectivity index (χ3v) is 6.39. The number of halogens is 2. The van der Waals surface area contributed by atoms with Crippen LogP contribution in [0, 0.1) is 5.82 Å². The summed E-state index contributed by atoms with van der Waals surface area (Å²) >= 11 is 5.90. The first-order valence-electron chi connectivity index (χ1n) is 11.0. The van der Waals surface area contributed by atoms with Gasteiger partial charge in [0.05, 0.1) is 11.4 Å². The Hall–Kier alpha value is -3.65. The summed E-state index contributed by atoms with van der Waals surface area (Å²) in [6.45, 7) is 2.23. The van der Waals surface area contributed by atoms with Crippen molar-refractivity contribution in [3.05, 3.63) is 88.1 Å². The molecule has 1 saturated heterocycles. The summed E-state index contributed by atoms with van der Waals surface area (Å²) in [6.07, 6.45) is 3.01. The summed E-state index contributed by atoms with van der Waals surface area (Å²) < 4.78 is 16.2. The lowest BCUT2D eigenvalue weighted by Gasteiger charge is -2.36. The normalized spacial score (nSPS) is 17.4. The molecule has 1 aliphatic rings. The van der Waals surface area contributed by atoms with Gasteiger partial charge in [-0.2, -0.15) is 0 Å². The van der Waals surface area contributed by atoms with Crippen molar-refractivity contribution in [3.63, 3.8) is 0 Å². The van der Waals surface area contributed by atoms with Crippen molar-refractivity contribution in [3.8, 4) is 5.69 Å². The van der Waals surface area contributed by atoms with Gasteiger partial charge in [-0.3, -0.25) is 14.2 Å². The van der Waals surface area contributed by atoms with Crippen molar-refractivity contribution >= 4 is 34.9 Å². The quantitative estimate of drug-likeness (QED) is 0.534. The zero-order chi connectivity index (χ0) is 24.3. The Balaban J connectivity index is 1.54.